The third-order valence-corrected chi connectivity index (χ3v) is 5.54. The maximum atomic E-state index is 12.9. The number of hydrogen-bond donors (Lipinski definition) is 0. The quantitative estimate of drug-likeness (QED) is 0.0442. The van der Waals surface area contributed by atoms with E-state index in [1.165, 1.54) is 24.5 Å². The summed E-state index contributed by atoms with van der Waals surface area (Å²) in [5.74, 6) is -0.631. The Kier molecular flexibility index (Phi) is 13.0. The highest BCUT2D eigenvalue weighted by Crippen LogP contribution is 2.33. The Morgan fingerprint density at radius 1 is 0.659 bits per heavy atom. The summed E-state index contributed by atoms with van der Waals surface area (Å²) >= 11 is 0. The summed E-state index contributed by atoms with van der Waals surface area (Å²) in [5.41, 5.74) is 0.861. The normalized spacial score (nSPS) is 10.1. The van der Waals surface area contributed by atoms with E-state index in [4.69, 9.17) is 37.9 Å². The second kappa shape index (κ2) is 17.4. The van der Waals surface area contributed by atoms with Gasteiger partial charge in [-0.3, -0.25) is 0 Å². The van der Waals surface area contributed by atoms with Gasteiger partial charge in [0, 0.05) is 24.6 Å². The number of aryl methyl sites for hydroxylation is 1. The van der Waals surface area contributed by atoms with Gasteiger partial charge in [-0.05, 0) is 67.1 Å². The van der Waals surface area contributed by atoms with Gasteiger partial charge in [0.1, 0.15) is 23.0 Å². The van der Waals surface area contributed by atoms with E-state index in [0.29, 0.717) is 42.4 Å². The van der Waals surface area contributed by atoms with E-state index >= 15 is 0 Å². The summed E-state index contributed by atoms with van der Waals surface area (Å²) in [6.45, 7) is 12.9. The molecule has 44 heavy (non-hydrogen) atoms. The molecule has 0 saturated carbocycles. The Bertz CT molecular complexity index is 1460. The van der Waals surface area contributed by atoms with Crippen LogP contribution in [0, 0.1) is 6.92 Å². The van der Waals surface area contributed by atoms with E-state index in [9.17, 15) is 14.4 Å². The van der Waals surface area contributed by atoms with Crippen molar-refractivity contribution in [1.82, 2.24) is 0 Å². The van der Waals surface area contributed by atoms with Crippen molar-refractivity contribution in [3.63, 3.8) is 0 Å². The van der Waals surface area contributed by atoms with Crippen molar-refractivity contribution in [3.05, 3.63) is 110 Å². The van der Waals surface area contributed by atoms with Crippen LogP contribution in [-0.2, 0) is 19.1 Å². The molecule has 0 bridgehead atoms. The predicted molar refractivity (Wildman–Crippen MR) is 159 cm³/mol. The minimum absolute atomic E-state index is 0.0492. The molecule has 3 aromatic carbocycles. The van der Waals surface area contributed by atoms with Crippen LogP contribution in [0.15, 0.2) is 98.8 Å². The van der Waals surface area contributed by atoms with E-state index in [2.05, 4.69) is 19.7 Å². The highest BCUT2D eigenvalue weighted by Gasteiger charge is 2.17. The molecule has 0 fully saturated rings. The molecule has 0 radical (unpaired) electrons. The van der Waals surface area contributed by atoms with Crippen LogP contribution >= 0.6 is 0 Å². The first-order valence-corrected chi connectivity index (χ1v) is 13.3. The van der Waals surface area contributed by atoms with E-state index in [1.807, 2.05) is 0 Å². The zero-order valence-electron chi connectivity index (χ0n) is 24.2. The van der Waals surface area contributed by atoms with E-state index < -0.39 is 17.9 Å². The molecule has 0 saturated heterocycles. The third kappa shape index (κ3) is 10.7. The van der Waals surface area contributed by atoms with Crippen LogP contribution in [0.2, 0.25) is 0 Å². The molecule has 0 aliphatic rings. The highest BCUT2D eigenvalue weighted by molar-refractivity contribution is 5.93. The maximum Gasteiger partial charge on any atom is 0.343 e. The Labute approximate surface area is 254 Å². The largest absolute Gasteiger partial charge is 0.494 e. The van der Waals surface area contributed by atoms with Gasteiger partial charge in [-0.2, -0.15) is 0 Å². The fourth-order valence-corrected chi connectivity index (χ4v) is 3.44. The Hall–Kier alpha value is -5.55. The van der Waals surface area contributed by atoms with E-state index in [-0.39, 0.29) is 36.4 Å². The average molecular weight is 605 g/mol. The van der Waals surface area contributed by atoms with Gasteiger partial charge < -0.3 is 37.9 Å². The maximum absolute atomic E-state index is 12.9. The second-order valence-corrected chi connectivity index (χ2v) is 8.66. The Morgan fingerprint density at radius 3 is 1.93 bits per heavy atom. The average Bonchev–Trinajstić information content (AvgIpc) is 3.02. The second-order valence-electron chi connectivity index (χ2n) is 8.66. The summed E-state index contributed by atoms with van der Waals surface area (Å²) in [6.07, 6.45) is 3.92. The Morgan fingerprint density at radius 2 is 1.27 bits per heavy atom. The predicted octanol–water partition coefficient (Wildman–Crippen LogP) is 5.72. The molecule has 3 aromatic rings. The molecule has 0 spiro atoms. The summed E-state index contributed by atoms with van der Waals surface area (Å²) in [4.78, 5) is 36.2. The van der Waals surface area contributed by atoms with Crippen LogP contribution in [0.4, 0.5) is 0 Å². The molecule has 0 N–H and O–H groups in total. The van der Waals surface area contributed by atoms with Crippen LogP contribution in [-0.4, -0.2) is 44.7 Å². The van der Waals surface area contributed by atoms with Gasteiger partial charge in [-0.15, -0.1) is 0 Å². The zero-order chi connectivity index (χ0) is 31.7. The number of carbonyl (C=O) groups is 3. The van der Waals surface area contributed by atoms with Crippen molar-refractivity contribution in [3.8, 4) is 34.5 Å². The lowest BCUT2D eigenvalue weighted by molar-refractivity contribution is -0.131. The lowest BCUT2D eigenvalue weighted by Crippen LogP contribution is -2.12. The molecule has 3 rings (SSSR count). The number of hydrogen-bond acceptors (Lipinski definition) is 11. The molecule has 0 unspecified atom stereocenters. The van der Waals surface area contributed by atoms with Crippen LogP contribution in [0.3, 0.4) is 0 Å². The van der Waals surface area contributed by atoms with Crippen molar-refractivity contribution in [2.75, 3.05) is 26.8 Å². The molecule has 0 atom stereocenters. The van der Waals surface area contributed by atoms with Crippen LogP contribution in [0.1, 0.15) is 22.3 Å². The molecule has 11 heteroatoms. The number of benzene rings is 3. The lowest BCUT2D eigenvalue weighted by Gasteiger charge is -2.13. The number of rotatable bonds is 18. The van der Waals surface area contributed by atoms with Gasteiger partial charge in [-0.1, -0.05) is 19.7 Å². The fourth-order valence-electron chi connectivity index (χ4n) is 3.44. The number of esters is 3. The molecule has 230 valence electrons. The number of carbonyl (C=O) groups excluding carboxylic acids is 3. The van der Waals surface area contributed by atoms with Gasteiger partial charge in [0.05, 0.1) is 25.0 Å². The van der Waals surface area contributed by atoms with Gasteiger partial charge in [0.15, 0.2) is 18.3 Å². The first-order chi connectivity index (χ1) is 21.3. The third-order valence-electron chi connectivity index (χ3n) is 5.54. The first-order valence-electron chi connectivity index (χ1n) is 13.3. The summed E-state index contributed by atoms with van der Waals surface area (Å²) in [6, 6.07) is 15.9. The molecular weight excluding hydrogens is 572 g/mol. The summed E-state index contributed by atoms with van der Waals surface area (Å²) in [5, 5.41) is 0. The molecule has 0 amide bonds. The van der Waals surface area contributed by atoms with Crippen molar-refractivity contribution >= 4 is 17.9 Å². The SMILES string of the molecule is C=COCOCCCOc1ccc(OCOc2ccc(C(=O)Oc3ccc(OC(=O)C=C)c(OC(=O)C=C)c3)c(C)c2)cc1. The lowest BCUT2D eigenvalue weighted by atomic mass is 10.1. The fraction of sp³-hybridized carbons (Fsp3) is 0.182. The van der Waals surface area contributed by atoms with E-state index in [1.54, 1.807) is 49.4 Å². The molecular formula is C33H32O11. The number of ether oxygens (including phenoxy) is 8. The molecule has 11 nitrogen and oxygen atoms in total. The molecule has 0 aliphatic carbocycles. The standard InChI is InChI=1S/C33H32O11/c1-5-31(34)43-29-16-14-27(20-30(29)44-32(35)6-2)42-33(36)28-15-13-26(19-23(28)4)41-22-40-25-11-9-24(10-12-25)39-18-8-17-38-21-37-7-3/h5-7,9-16,19-20H,1-3,8,17-18,21-22H2,4H3. The smallest absolute Gasteiger partial charge is 0.343 e. The van der Waals surface area contributed by atoms with E-state index in [0.717, 1.165) is 12.2 Å². The molecule has 0 aliphatic heterocycles. The molecule has 0 aromatic heterocycles. The van der Waals surface area contributed by atoms with Gasteiger partial charge in [-0.25, -0.2) is 14.4 Å². The minimum Gasteiger partial charge on any atom is -0.494 e. The van der Waals surface area contributed by atoms with Gasteiger partial charge in [0.25, 0.3) is 0 Å². The van der Waals surface area contributed by atoms with Crippen molar-refractivity contribution in [1.29, 1.82) is 0 Å². The summed E-state index contributed by atoms with van der Waals surface area (Å²) in [7, 11) is 0. The zero-order valence-corrected chi connectivity index (χ0v) is 24.2. The molecule has 0 heterocycles. The topological polar surface area (TPSA) is 125 Å². The van der Waals surface area contributed by atoms with Crippen molar-refractivity contribution in [2.24, 2.45) is 0 Å². The Balaban J connectivity index is 1.51. The van der Waals surface area contributed by atoms with Gasteiger partial charge >= 0.3 is 17.9 Å². The van der Waals surface area contributed by atoms with Gasteiger partial charge in [0.2, 0.25) is 6.79 Å². The monoisotopic (exact) mass is 604 g/mol. The van der Waals surface area contributed by atoms with Crippen LogP contribution in [0.5, 0.6) is 34.5 Å². The highest BCUT2D eigenvalue weighted by atomic mass is 16.7. The minimum atomic E-state index is -0.796. The summed E-state index contributed by atoms with van der Waals surface area (Å²) < 4.78 is 42.7. The van der Waals surface area contributed by atoms with Crippen LogP contribution in [0.25, 0.3) is 0 Å². The van der Waals surface area contributed by atoms with Crippen molar-refractivity contribution < 1.29 is 52.3 Å². The van der Waals surface area contributed by atoms with Crippen LogP contribution < -0.4 is 28.4 Å². The first kappa shape index (κ1) is 33.0. The van der Waals surface area contributed by atoms with Crippen molar-refractivity contribution in [2.45, 2.75) is 13.3 Å².